The van der Waals surface area contributed by atoms with Gasteiger partial charge in [0.05, 0.1) is 6.20 Å². The van der Waals surface area contributed by atoms with E-state index in [-0.39, 0.29) is 6.03 Å². The van der Waals surface area contributed by atoms with Gasteiger partial charge in [0.25, 0.3) is 0 Å². The number of unbranched alkanes of at least 4 members (excludes halogenated alkanes) is 1. The van der Waals surface area contributed by atoms with E-state index in [9.17, 15) is 4.79 Å². The van der Waals surface area contributed by atoms with Crippen molar-refractivity contribution in [1.29, 1.82) is 0 Å². The molecule has 1 heterocycles. The first-order valence-electron chi connectivity index (χ1n) is 4.15. The van der Waals surface area contributed by atoms with Crippen LogP contribution in [-0.4, -0.2) is 22.2 Å². The highest BCUT2D eigenvalue weighted by atomic mass is 32.1. The summed E-state index contributed by atoms with van der Waals surface area (Å²) in [6, 6.07) is -0.195. The molecule has 1 rings (SSSR count). The molecule has 0 fully saturated rings. The van der Waals surface area contributed by atoms with E-state index in [2.05, 4.69) is 27.1 Å². The van der Waals surface area contributed by atoms with E-state index >= 15 is 0 Å². The van der Waals surface area contributed by atoms with Gasteiger partial charge in [0.2, 0.25) is 0 Å². The zero-order valence-corrected chi connectivity index (χ0v) is 8.23. The maximum atomic E-state index is 11.1. The summed E-state index contributed by atoms with van der Waals surface area (Å²) < 4.78 is 3.62. The molecule has 0 aromatic carbocycles. The van der Waals surface area contributed by atoms with Crippen LogP contribution in [0.5, 0.6) is 0 Å². The molecule has 0 saturated heterocycles. The van der Waals surface area contributed by atoms with Gasteiger partial charge in [-0.3, -0.25) is 5.32 Å². The standard InChI is InChI=1S/C7H12N4OS/c1-2-3-4-8-7(12)10-6-5-9-11-13-6/h5H,2-4H2,1H3,(H2,8,10,12). The molecule has 0 unspecified atom stereocenters. The highest BCUT2D eigenvalue weighted by molar-refractivity contribution is 7.10. The van der Waals surface area contributed by atoms with E-state index in [1.807, 2.05) is 0 Å². The fourth-order valence-corrected chi connectivity index (χ4v) is 1.17. The van der Waals surface area contributed by atoms with Gasteiger partial charge in [-0.2, -0.15) is 0 Å². The molecule has 2 N–H and O–H groups in total. The zero-order valence-electron chi connectivity index (χ0n) is 7.41. The minimum Gasteiger partial charge on any atom is -0.338 e. The van der Waals surface area contributed by atoms with Gasteiger partial charge >= 0.3 is 6.03 Å². The Balaban J connectivity index is 2.18. The molecule has 0 bridgehead atoms. The Kier molecular flexibility index (Phi) is 4.17. The monoisotopic (exact) mass is 200 g/mol. The van der Waals surface area contributed by atoms with Gasteiger partial charge in [0.1, 0.15) is 5.00 Å². The van der Waals surface area contributed by atoms with Crippen molar-refractivity contribution in [3.63, 3.8) is 0 Å². The lowest BCUT2D eigenvalue weighted by molar-refractivity contribution is 0.252. The lowest BCUT2D eigenvalue weighted by Gasteiger charge is -2.03. The Hall–Kier alpha value is -1.17. The molecule has 72 valence electrons. The summed E-state index contributed by atoms with van der Waals surface area (Å²) in [7, 11) is 0. The molecule has 13 heavy (non-hydrogen) atoms. The quantitative estimate of drug-likeness (QED) is 0.723. The zero-order chi connectivity index (χ0) is 9.52. The second kappa shape index (κ2) is 5.47. The van der Waals surface area contributed by atoms with Gasteiger partial charge in [-0.25, -0.2) is 4.79 Å². The van der Waals surface area contributed by atoms with Crippen LogP contribution in [0.3, 0.4) is 0 Å². The number of rotatable bonds is 4. The van der Waals surface area contributed by atoms with Crippen molar-refractivity contribution >= 4 is 22.6 Å². The average Bonchev–Trinajstić information content (AvgIpc) is 2.57. The van der Waals surface area contributed by atoms with Crippen LogP contribution in [0.2, 0.25) is 0 Å². The summed E-state index contributed by atoms with van der Waals surface area (Å²) in [4.78, 5) is 11.1. The molecule has 0 radical (unpaired) electrons. The Morgan fingerprint density at radius 2 is 2.54 bits per heavy atom. The maximum absolute atomic E-state index is 11.1. The summed E-state index contributed by atoms with van der Waals surface area (Å²) in [6.07, 6.45) is 3.58. The molecule has 0 saturated carbocycles. The van der Waals surface area contributed by atoms with Gasteiger partial charge in [-0.15, -0.1) is 5.10 Å². The largest absolute Gasteiger partial charge is 0.338 e. The van der Waals surface area contributed by atoms with Gasteiger partial charge in [-0.05, 0) is 6.42 Å². The number of carbonyl (C=O) groups excluding carboxylic acids is 1. The smallest absolute Gasteiger partial charge is 0.319 e. The summed E-state index contributed by atoms with van der Waals surface area (Å²) in [5.41, 5.74) is 0. The minimum absolute atomic E-state index is 0.195. The molecule has 2 amide bonds. The van der Waals surface area contributed by atoms with Crippen LogP contribution in [0.1, 0.15) is 19.8 Å². The Labute approximate surface area is 80.7 Å². The Bertz CT molecular complexity index is 249. The van der Waals surface area contributed by atoms with Gasteiger partial charge in [0, 0.05) is 18.1 Å². The van der Waals surface area contributed by atoms with Crippen LogP contribution in [0.4, 0.5) is 9.80 Å². The third-order valence-corrected chi connectivity index (χ3v) is 1.99. The molecular formula is C7H12N4OS. The van der Waals surface area contributed by atoms with Gasteiger partial charge in [-0.1, -0.05) is 17.8 Å². The van der Waals surface area contributed by atoms with Crippen LogP contribution in [0.15, 0.2) is 6.20 Å². The van der Waals surface area contributed by atoms with Crippen molar-refractivity contribution in [2.45, 2.75) is 19.8 Å². The highest BCUT2D eigenvalue weighted by Gasteiger charge is 2.01. The summed E-state index contributed by atoms with van der Waals surface area (Å²) in [5, 5.41) is 9.61. The number of carbonyl (C=O) groups is 1. The number of hydrogen-bond donors (Lipinski definition) is 2. The third-order valence-electron chi connectivity index (χ3n) is 1.41. The van der Waals surface area contributed by atoms with Crippen LogP contribution >= 0.6 is 11.5 Å². The van der Waals surface area contributed by atoms with Crippen LogP contribution in [0, 0.1) is 0 Å². The van der Waals surface area contributed by atoms with E-state index in [0.717, 1.165) is 24.4 Å². The Morgan fingerprint density at radius 3 is 3.15 bits per heavy atom. The molecule has 0 aliphatic heterocycles. The molecule has 0 aliphatic carbocycles. The fraction of sp³-hybridized carbons (Fsp3) is 0.571. The molecular weight excluding hydrogens is 188 g/mol. The lowest BCUT2D eigenvalue weighted by Crippen LogP contribution is -2.29. The van der Waals surface area contributed by atoms with E-state index in [0.29, 0.717) is 11.5 Å². The second-order valence-electron chi connectivity index (χ2n) is 2.52. The van der Waals surface area contributed by atoms with Gasteiger partial charge < -0.3 is 5.32 Å². The van der Waals surface area contributed by atoms with Crippen molar-refractivity contribution < 1.29 is 4.79 Å². The predicted molar refractivity (Wildman–Crippen MR) is 51.8 cm³/mol. The number of hydrogen-bond acceptors (Lipinski definition) is 4. The maximum Gasteiger partial charge on any atom is 0.319 e. The van der Waals surface area contributed by atoms with Crippen molar-refractivity contribution in [2.75, 3.05) is 11.9 Å². The molecule has 6 heteroatoms. The normalized spacial score (nSPS) is 9.62. The van der Waals surface area contributed by atoms with E-state index < -0.39 is 0 Å². The SMILES string of the molecule is CCCCNC(=O)Nc1cnns1. The first kappa shape index (κ1) is 9.91. The number of aromatic nitrogens is 2. The number of nitrogens with zero attached hydrogens (tertiary/aromatic N) is 2. The van der Waals surface area contributed by atoms with Crippen LogP contribution in [-0.2, 0) is 0 Å². The summed E-state index contributed by atoms with van der Waals surface area (Å²) in [5.74, 6) is 0. The summed E-state index contributed by atoms with van der Waals surface area (Å²) in [6.45, 7) is 2.78. The van der Waals surface area contributed by atoms with Crippen LogP contribution in [0.25, 0.3) is 0 Å². The predicted octanol–water partition coefficient (Wildman–Crippen LogP) is 1.46. The van der Waals surface area contributed by atoms with E-state index in [1.54, 1.807) is 0 Å². The number of anilines is 1. The third kappa shape index (κ3) is 3.84. The summed E-state index contributed by atoms with van der Waals surface area (Å²) >= 11 is 1.16. The number of urea groups is 1. The number of amides is 2. The molecule has 0 atom stereocenters. The minimum atomic E-state index is -0.195. The topological polar surface area (TPSA) is 66.9 Å². The van der Waals surface area contributed by atoms with E-state index in [4.69, 9.17) is 0 Å². The number of nitrogens with one attached hydrogen (secondary N) is 2. The average molecular weight is 200 g/mol. The first-order valence-corrected chi connectivity index (χ1v) is 4.92. The molecule has 1 aromatic rings. The first-order chi connectivity index (χ1) is 6.33. The van der Waals surface area contributed by atoms with Crippen molar-refractivity contribution in [1.82, 2.24) is 14.9 Å². The molecule has 1 aromatic heterocycles. The fourth-order valence-electron chi connectivity index (χ4n) is 0.757. The highest BCUT2D eigenvalue weighted by Crippen LogP contribution is 2.07. The van der Waals surface area contributed by atoms with Crippen molar-refractivity contribution in [3.8, 4) is 0 Å². The lowest BCUT2D eigenvalue weighted by atomic mass is 10.3. The van der Waals surface area contributed by atoms with Gasteiger partial charge in [0.15, 0.2) is 0 Å². The van der Waals surface area contributed by atoms with E-state index in [1.165, 1.54) is 6.20 Å². The molecule has 0 aliphatic rings. The molecule has 5 nitrogen and oxygen atoms in total. The van der Waals surface area contributed by atoms with Crippen LogP contribution < -0.4 is 10.6 Å². The Morgan fingerprint density at radius 1 is 1.69 bits per heavy atom. The van der Waals surface area contributed by atoms with Crippen molar-refractivity contribution in [2.24, 2.45) is 0 Å². The molecule has 0 spiro atoms. The van der Waals surface area contributed by atoms with Crippen molar-refractivity contribution in [3.05, 3.63) is 6.20 Å². The second-order valence-corrected chi connectivity index (χ2v) is 3.30.